The third-order valence-electron chi connectivity index (χ3n) is 4.50. The molecule has 26 heavy (non-hydrogen) atoms. The van der Waals surface area contributed by atoms with Gasteiger partial charge in [0.15, 0.2) is 5.96 Å². The fraction of sp³-hybridized carbons (Fsp3) is 0.667. The van der Waals surface area contributed by atoms with Crippen LogP contribution in [-0.4, -0.2) is 45.4 Å². The van der Waals surface area contributed by atoms with Crippen LogP contribution < -0.4 is 15.5 Å². The Hall–Kier alpha value is -1.75. The van der Waals surface area contributed by atoms with Gasteiger partial charge in [0.05, 0.1) is 19.2 Å². The SMILES string of the molecule is CCNC(=NCCOCC(C)C)NC(C)c1cccc(N2CCCC2)c1. The normalized spacial score (nSPS) is 16.2. The molecule has 0 aromatic heterocycles. The quantitative estimate of drug-likeness (QED) is 0.401. The molecule has 0 aliphatic carbocycles. The van der Waals surface area contributed by atoms with Gasteiger partial charge in [0.25, 0.3) is 0 Å². The summed E-state index contributed by atoms with van der Waals surface area (Å²) in [5, 5.41) is 6.84. The first-order chi connectivity index (χ1) is 12.6. The van der Waals surface area contributed by atoms with Gasteiger partial charge in [-0.05, 0) is 50.3 Å². The standard InChI is InChI=1S/C21H36N4O/c1-5-22-21(23-11-14-26-16-17(2)3)24-18(4)19-9-8-10-20(15-19)25-12-6-7-13-25/h8-10,15,17-18H,5-7,11-14,16H2,1-4H3,(H2,22,23,24). The summed E-state index contributed by atoms with van der Waals surface area (Å²) in [7, 11) is 0. The summed E-state index contributed by atoms with van der Waals surface area (Å²) in [5.41, 5.74) is 2.62. The smallest absolute Gasteiger partial charge is 0.191 e. The predicted octanol–water partition coefficient (Wildman–Crippen LogP) is 3.58. The van der Waals surface area contributed by atoms with Crippen molar-refractivity contribution in [3.8, 4) is 0 Å². The van der Waals surface area contributed by atoms with Crippen LogP contribution >= 0.6 is 0 Å². The minimum atomic E-state index is 0.201. The minimum absolute atomic E-state index is 0.201. The van der Waals surface area contributed by atoms with Gasteiger partial charge >= 0.3 is 0 Å². The zero-order valence-corrected chi connectivity index (χ0v) is 16.9. The van der Waals surface area contributed by atoms with Crippen molar-refractivity contribution in [1.82, 2.24) is 10.6 Å². The molecule has 0 radical (unpaired) electrons. The summed E-state index contributed by atoms with van der Waals surface area (Å²) < 4.78 is 5.62. The summed E-state index contributed by atoms with van der Waals surface area (Å²) in [6.45, 7) is 13.9. The molecule has 1 unspecified atom stereocenters. The molecule has 146 valence electrons. The van der Waals surface area contributed by atoms with Gasteiger partial charge in [-0.2, -0.15) is 0 Å². The molecular formula is C21H36N4O. The molecule has 1 heterocycles. The van der Waals surface area contributed by atoms with Crippen LogP contribution in [0.25, 0.3) is 0 Å². The molecule has 0 saturated carbocycles. The Morgan fingerprint density at radius 3 is 2.69 bits per heavy atom. The number of hydrogen-bond donors (Lipinski definition) is 2. The van der Waals surface area contributed by atoms with Crippen molar-refractivity contribution in [2.45, 2.75) is 46.6 Å². The summed E-state index contributed by atoms with van der Waals surface area (Å²) in [5.74, 6) is 1.41. The number of rotatable bonds is 9. The molecule has 2 N–H and O–H groups in total. The van der Waals surface area contributed by atoms with E-state index in [0.717, 1.165) is 19.1 Å². The number of hydrogen-bond acceptors (Lipinski definition) is 3. The van der Waals surface area contributed by atoms with Crippen LogP contribution in [0.5, 0.6) is 0 Å². The van der Waals surface area contributed by atoms with Gasteiger partial charge < -0.3 is 20.3 Å². The first kappa shape index (κ1) is 20.6. The van der Waals surface area contributed by atoms with E-state index in [4.69, 9.17) is 4.74 Å². The van der Waals surface area contributed by atoms with E-state index >= 15 is 0 Å². The molecule has 0 bridgehead atoms. The lowest BCUT2D eigenvalue weighted by Crippen LogP contribution is -2.39. The fourth-order valence-electron chi connectivity index (χ4n) is 3.12. The molecule has 1 atom stereocenters. The molecule has 1 aliphatic heterocycles. The second kappa shape index (κ2) is 11.1. The van der Waals surface area contributed by atoms with E-state index in [0.29, 0.717) is 19.1 Å². The Bertz CT molecular complexity index is 553. The number of guanidine groups is 1. The van der Waals surface area contributed by atoms with Crippen LogP contribution in [0.1, 0.15) is 52.1 Å². The number of aliphatic imine (C=N–C) groups is 1. The Balaban J connectivity index is 1.91. The van der Waals surface area contributed by atoms with E-state index in [9.17, 15) is 0 Å². The molecule has 1 saturated heterocycles. The number of anilines is 1. The second-order valence-corrected chi connectivity index (χ2v) is 7.38. The van der Waals surface area contributed by atoms with Crippen LogP contribution in [-0.2, 0) is 4.74 Å². The van der Waals surface area contributed by atoms with Gasteiger partial charge in [0.2, 0.25) is 0 Å². The van der Waals surface area contributed by atoms with Crippen molar-refractivity contribution >= 4 is 11.6 Å². The minimum Gasteiger partial charge on any atom is -0.379 e. The summed E-state index contributed by atoms with van der Waals surface area (Å²) >= 11 is 0. The lowest BCUT2D eigenvalue weighted by Gasteiger charge is -2.22. The van der Waals surface area contributed by atoms with E-state index < -0.39 is 0 Å². The lowest BCUT2D eigenvalue weighted by molar-refractivity contribution is 0.117. The Morgan fingerprint density at radius 2 is 2.00 bits per heavy atom. The van der Waals surface area contributed by atoms with E-state index in [1.165, 1.54) is 37.2 Å². The number of ether oxygens (including phenoxy) is 1. The second-order valence-electron chi connectivity index (χ2n) is 7.38. The van der Waals surface area contributed by atoms with Gasteiger partial charge in [-0.3, -0.25) is 4.99 Å². The number of nitrogens with one attached hydrogen (secondary N) is 2. The monoisotopic (exact) mass is 360 g/mol. The van der Waals surface area contributed by atoms with Crippen LogP contribution in [0.2, 0.25) is 0 Å². The average Bonchev–Trinajstić information content (AvgIpc) is 3.16. The first-order valence-corrected chi connectivity index (χ1v) is 10.1. The molecule has 5 nitrogen and oxygen atoms in total. The van der Waals surface area contributed by atoms with Crippen LogP contribution in [0.3, 0.4) is 0 Å². The number of nitrogens with zero attached hydrogens (tertiary/aromatic N) is 2. The van der Waals surface area contributed by atoms with Crippen LogP contribution in [0.4, 0.5) is 5.69 Å². The summed E-state index contributed by atoms with van der Waals surface area (Å²) in [4.78, 5) is 7.11. The lowest BCUT2D eigenvalue weighted by atomic mass is 10.1. The van der Waals surface area contributed by atoms with Crippen molar-refractivity contribution in [2.75, 3.05) is 44.3 Å². The van der Waals surface area contributed by atoms with Gasteiger partial charge in [-0.15, -0.1) is 0 Å². The van der Waals surface area contributed by atoms with Crippen molar-refractivity contribution < 1.29 is 4.74 Å². The molecule has 1 fully saturated rings. The maximum absolute atomic E-state index is 5.62. The highest BCUT2D eigenvalue weighted by Gasteiger charge is 2.14. The van der Waals surface area contributed by atoms with E-state index in [-0.39, 0.29) is 6.04 Å². The highest BCUT2D eigenvalue weighted by molar-refractivity contribution is 5.80. The highest BCUT2D eigenvalue weighted by atomic mass is 16.5. The Labute approximate surface area is 159 Å². The van der Waals surface area contributed by atoms with E-state index in [1.807, 2.05) is 0 Å². The molecule has 1 aliphatic rings. The third-order valence-corrected chi connectivity index (χ3v) is 4.50. The predicted molar refractivity (Wildman–Crippen MR) is 111 cm³/mol. The fourth-order valence-corrected chi connectivity index (χ4v) is 3.12. The van der Waals surface area contributed by atoms with Gasteiger partial charge in [-0.25, -0.2) is 0 Å². The first-order valence-electron chi connectivity index (χ1n) is 10.1. The van der Waals surface area contributed by atoms with Crippen molar-refractivity contribution in [3.05, 3.63) is 29.8 Å². The van der Waals surface area contributed by atoms with Crippen molar-refractivity contribution in [3.63, 3.8) is 0 Å². The third kappa shape index (κ3) is 6.87. The van der Waals surface area contributed by atoms with Gasteiger partial charge in [0, 0.05) is 31.9 Å². The maximum atomic E-state index is 5.62. The summed E-state index contributed by atoms with van der Waals surface area (Å²) in [6.07, 6.45) is 2.60. The summed E-state index contributed by atoms with van der Waals surface area (Å²) in [6, 6.07) is 9.06. The highest BCUT2D eigenvalue weighted by Crippen LogP contribution is 2.23. The zero-order chi connectivity index (χ0) is 18.8. The van der Waals surface area contributed by atoms with E-state index in [2.05, 4.69) is 72.5 Å². The molecular weight excluding hydrogens is 324 g/mol. The van der Waals surface area contributed by atoms with Gasteiger partial charge in [0.1, 0.15) is 0 Å². The van der Waals surface area contributed by atoms with Crippen molar-refractivity contribution in [1.29, 1.82) is 0 Å². The zero-order valence-electron chi connectivity index (χ0n) is 16.9. The van der Waals surface area contributed by atoms with E-state index in [1.54, 1.807) is 0 Å². The number of benzene rings is 1. The Kier molecular flexibility index (Phi) is 8.75. The molecule has 1 aromatic rings. The van der Waals surface area contributed by atoms with Crippen LogP contribution in [0.15, 0.2) is 29.3 Å². The average molecular weight is 361 g/mol. The van der Waals surface area contributed by atoms with Gasteiger partial charge in [-0.1, -0.05) is 26.0 Å². The molecule has 5 heteroatoms. The largest absolute Gasteiger partial charge is 0.379 e. The molecule has 1 aromatic carbocycles. The topological polar surface area (TPSA) is 48.9 Å². The molecule has 0 amide bonds. The Morgan fingerprint density at radius 1 is 1.23 bits per heavy atom. The molecule has 0 spiro atoms. The maximum Gasteiger partial charge on any atom is 0.191 e. The van der Waals surface area contributed by atoms with Crippen molar-refractivity contribution in [2.24, 2.45) is 10.9 Å². The molecule has 2 rings (SSSR count). The van der Waals surface area contributed by atoms with Crippen LogP contribution in [0, 0.1) is 5.92 Å².